The van der Waals surface area contributed by atoms with Crippen molar-refractivity contribution in [2.75, 3.05) is 0 Å². The minimum absolute atomic E-state index is 1.01. The highest BCUT2D eigenvalue weighted by Gasteiger charge is 2.15. The minimum Gasteiger partial charge on any atom is -0.342 e. The first kappa shape index (κ1) is 16.9. The molecule has 0 aliphatic rings. The Morgan fingerprint density at radius 1 is 0.704 bits per heavy atom. The van der Waals surface area contributed by atoms with Crippen molar-refractivity contribution in [1.29, 1.82) is 0 Å². The van der Waals surface area contributed by atoms with Crippen molar-refractivity contribution in [2.24, 2.45) is 7.05 Å². The van der Waals surface area contributed by atoms with E-state index in [0.29, 0.717) is 0 Å². The number of aromatic nitrogens is 3. The second kappa shape index (κ2) is 6.41. The summed E-state index contributed by atoms with van der Waals surface area (Å²) in [5.74, 6) is 0. The second-order valence-corrected chi connectivity index (χ2v) is 9.53. The van der Waals surface area contributed by atoms with Crippen molar-refractivity contribution >= 4 is 45.4 Å². The molecule has 134 valence electrons. The summed E-state index contributed by atoms with van der Waals surface area (Å²) in [7, 11) is 2.15. The predicted molar refractivity (Wildman–Crippen MR) is 118 cm³/mol. The zero-order valence-electron chi connectivity index (χ0n) is 15.2. The fourth-order valence-corrected chi connectivity index (χ4v) is 6.03. The SMILES string of the molecule is Cc1ccc(-c2ccc(-c3ccc(-c4ccc(C)c5nsnc45)s3)n2C)s1. The zero-order chi connectivity index (χ0) is 18.5. The van der Waals surface area contributed by atoms with Crippen LogP contribution in [0.1, 0.15) is 10.4 Å². The Labute approximate surface area is 169 Å². The summed E-state index contributed by atoms with van der Waals surface area (Å²) in [6, 6.07) is 17.5. The van der Waals surface area contributed by atoms with Gasteiger partial charge in [-0.25, -0.2) is 0 Å². The molecule has 0 atom stereocenters. The van der Waals surface area contributed by atoms with Crippen LogP contribution in [0.15, 0.2) is 48.5 Å². The van der Waals surface area contributed by atoms with Crippen LogP contribution in [0.25, 0.3) is 42.6 Å². The molecule has 27 heavy (non-hydrogen) atoms. The van der Waals surface area contributed by atoms with E-state index in [4.69, 9.17) is 0 Å². The van der Waals surface area contributed by atoms with Crippen LogP contribution >= 0.6 is 34.4 Å². The van der Waals surface area contributed by atoms with Gasteiger partial charge in [0, 0.05) is 22.4 Å². The smallest absolute Gasteiger partial charge is 0.113 e. The molecule has 0 radical (unpaired) electrons. The van der Waals surface area contributed by atoms with Crippen molar-refractivity contribution in [3.63, 3.8) is 0 Å². The van der Waals surface area contributed by atoms with E-state index in [-0.39, 0.29) is 0 Å². The molecule has 0 saturated carbocycles. The maximum atomic E-state index is 4.53. The van der Waals surface area contributed by atoms with Crippen LogP contribution < -0.4 is 0 Å². The van der Waals surface area contributed by atoms with Crippen LogP contribution in [0.4, 0.5) is 0 Å². The largest absolute Gasteiger partial charge is 0.342 e. The Balaban J connectivity index is 1.57. The molecule has 5 rings (SSSR count). The van der Waals surface area contributed by atoms with Gasteiger partial charge in [-0.1, -0.05) is 12.1 Å². The Bertz CT molecular complexity index is 1270. The van der Waals surface area contributed by atoms with Gasteiger partial charge in [-0.15, -0.1) is 22.7 Å². The molecule has 6 heteroatoms. The molecule has 0 bridgehead atoms. The van der Waals surface area contributed by atoms with Gasteiger partial charge in [0.1, 0.15) is 11.0 Å². The summed E-state index contributed by atoms with van der Waals surface area (Å²) in [6.07, 6.45) is 0. The number of thiophene rings is 2. The van der Waals surface area contributed by atoms with Crippen molar-refractivity contribution in [3.8, 4) is 31.6 Å². The molecule has 0 amide bonds. The van der Waals surface area contributed by atoms with Crippen LogP contribution in [-0.2, 0) is 7.05 Å². The van der Waals surface area contributed by atoms with Gasteiger partial charge in [0.2, 0.25) is 0 Å². The van der Waals surface area contributed by atoms with Gasteiger partial charge in [0.15, 0.2) is 0 Å². The van der Waals surface area contributed by atoms with Crippen LogP contribution in [0, 0.1) is 13.8 Å². The lowest BCUT2D eigenvalue weighted by atomic mass is 10.1. The number of hydrogen-bond acceptors (Lipinski definition) is 5. The fraction of sp³-hybridized carbons (Fsp3) is 0.143. The number of aryl methyl sites for hydroxylation is 2. The molecule has 0 saturated heterocycles. The third-order valence-corrected chi connectivity index (χ3v) is 7.55. The first-order valence-corrected chi connectivity index (χ1v) is 11.0. The summed E-state index contributed by atoms with van der Waals surface area (Å²) < 4.78 is 11.3. The van der Waals surface area contributed by atoms with E-state index in [9.17, 15) is 0 Å². The van der Waals surface area contributed by atoms with E-state index < -0.39 is 0 Å². The molecule has 1 aromatic carbocycles. The number of hydrogen-bond donors (Lipinski definition) is 0. The van der Waals surface area contributed by atoms with Gasteiger partial charge in [0.05, 0.1) is 32.9 Å². The molecule has 4 heterocycles. The van der Waals surface area contributed by atoms with Gasteiger partial charge in [0.25, 0.3) is 0 Å². The maximum Gasteiger partial charge on any atom is 0.113 e. The third-order valence-electron chi connectivity index (χ3n) is 4.86. The quantitative estimate of drug-likeness (QED) is 0.330. The van der Waals surface area contributed by atoms with Gasteiger partial charge in [-0.2, -0.15) is 8.75 Å². The highest BCUT2D eigenvalue weighted by molar-refractivity contribution is 7.19. The first-order chi connectivity index (χ1) is 13.1. The molecule has 5 aromatic rings. The maximum absolute atomic E-state index is 4.53. The van der Waals surface area contributed by atoms with Crippen LogP contribution in [0.5, 0.6) is 0 Å². The van der Waals surface area contributed by atoms with Crippen molar-refractivity contribution in [2.45, 2.75) is 13.8 Å². The standard InChI is InChI=1S/C21H17N3S3/c1-12-4-6-14(21-20(12)22-27-23-21)17-10-11-19(26-17)16-8-7-15(24(16)3)18-9-5-13(2)25-18/h4-11H,1-3H3. The monoisotopic (exact) mass is 407 g/mol. The van der Waals surface area contributed by atoms with Gasteiger partial charge in [-0.05, 0) is 55.8 Å². The van der Waals surface area contributed by atoms with Crippen LogP contribution in [-0.4, -0.2) is 13.3 Å². The summed E-state index contributed by atoms with van der Waals surface area (Å²) in [6.45, 7) is 4.24. The lowest BCUT2D eigenvalue weighted by Gasteiger charge is -2.05. The van der Waals surface area contributed by atoms with E-state index >= 15 is 0 Å². The highest BCUT2D eigenvalue weighted by Crippen LogP contribution is 2.39. The Morgan fingerprint density at radius 3 is 2.11 bits per heavy atom. The van der Waals surface area contributed by atoms with E-state index in [0.717, 1.165) is 11.0 Å². The average Bonchev–Trinajstić information content (AvgIpc) is 3.41. The summed E-state index contributed by atoms with van der Waals surface area (Å²) in [5.41, 5.74) is 6.88. The summed E-state index contributed by atoms with van der Waals surface area (Å²) in [4.78, 5) is 5.15. The van der Waals surface area contributed by atoms with E-state index in [1.54, 1.807) is 0 Å². The molecule has 0 spiro atoms. The van der Waals surface area contributed by atoms with E-state index in [1.165, 1.54) is 53.8 Å². The minimum atomic E-state index is 1.01. The average molecular weight is 408 g/mol. The van der Waals surface area contributed by atoms with Gasteiger partial charge < -0.3 is 4.57 Å². The van der Waals surface area contributed by atoms with Gasteiger partial charge >= 0.3 is 0 Å². The molecular formula is C21H17N3S3. The molecular weight excluding hydrogens is 390 g/mol. The highest BCUT2D eigenvalue weighted by atomic mass is 32.1. The number of rotatable bonds is 3. The molecule has 0 unspecified atom stereocenters. The second-order valence-electron chi connectivity index (χ2n) is 6.63. The molecule has 0 aliphatic heterocycles. The lowest BCUT2D eigenvalue weighted by Crippen LogP contribution is -1.91. The number of fused-ring (bicyclic) bond motifs is 1. The van der Waals surface area contributed by atoms with Crippen LogP contribution in [0.2, 0.25) is 0 Å². The first-order valence-electron chi connectivity index (χ1n) is 8.67. The molecule has 4 aromatic heterocycles. The third kappa shape index (κ3) is 2.76. The van der Waals surface area contributed by atoms with Crippen LogP contribution in [0.3, 0.4) is 0 Å². The fourth-order valence-electron chi connectivity index (χ4n) is 3.39. The van der Waals surface area contributed by atoms with E-state index in [1.807, 2.05) is 22.7 Å². The normalized spacial score (nSPS) is 11.5. The molecule has 0 N–H and O–H groups in total. The lowest BCUT2D eigenvalue weighted by molar-refractivity contribution is 0.951. The summed E-state index contributed by atoms with van der Waals surface area (Å²) in [5, 5.41) is 0. The zero-order valence-corrected chi connectivity index (χ0v) is 17.6. The molecule has 0 fully saturated rings. The number of benzene rings is 1. The molecule has 0 aliphatic carbocycles. The summed E-state index contributed by atoms with van der Waals surface area (Å²) >= 11 is 4.93. The van der Waals surface area contributed by atoms with Crippen molar-refractivity contribution in [3.05, 3.63) is 59.0 Å². The van der Waals surface area contributed by atoms with Gasteiger partial charge in [-0.3, -0.25) is 0 Å². The van der Waals surface area contributed by atoms with E-state index in [2.05, 4.69) is 82.7 Å². The topological polar surface area (TPSA) is 30.7 Å². The Hall–Kier alpha value is -2.28. The predicted octanol–water partition coefficient (Wildman–Crippen LogP) is 6.77. The molecule has 3 nitrogen and oxygen atoms in total. The number of nitrogens with zero attached hydrogens (tertiary/aromatic N) is 3. The Kier molecular flexibility index (Phi) is 4.00. The van der Waals surface area contributed by atoms with Crippen molar-refractivity contribution < 1.29 is 0 Å². The Morgan fingerprint density at radius 2 is 1.37 bits per heavy atom. The van der Waals surface area contributed by atoms with Crippen molar-refractivity contribution in [1.82, 2.24) is 13.3 Å².